The highest BCUT2D eigenvalue weighted by Crippen LogP contribution is 2.32. The minimum Gasteiger partial charge on any atom is -0.507 e. The van der Waals surface area contributed by atoms with Crippen LogP contribution < -0.4 is 5.32 Å². The average molecular weight is 279 g/mol. The normalized spacial score (nSPS) is 20.3. The van der Waals surface area contributed by atoms with Crippen molar-refractivity contribution in [3.05, 3.63) is 77.4 Å². The first-order valence-electron chi connectivity index (χ1n) is 6.57. The number of Topliss-reactive ketones (excluding diaryl/α,β-unsaturated/α-hetero) is 1. The first kappa shape index (κ1) is 13.1. The summed E-state index contributed by atoms with van der Waals surface area (Å²) >= 11 is 0. The van der Waals surface area contributed by atoms with Crippen molar-refractivity contribution in [2.45, 2.75) is 6.04 Å². The number of aliphatic hydroxyl groups excluding tert-OH is 1. The molecule has 1 aliphatic rings. The van der Waals surface area contributed by atoms with Crippen LogP contribution in [-0.2, 0) is 9.59 Å². The van der Waals surface area contributed by atoms with E-state index in [1.54, 1.807) is 24.3 Å². The lowest BCUT2D eigenvalue weighted by Crippen LogP contribution is -2.21. The van der Waals surface area contributed by atoms with Gasteiger partial charge in [-0.15, -0.1) is 0 Å². The third-order valence-corrected chi connectivity index (χ3v) is 3.45. The summed E-state index contributed by atoms with van der Waals surface area (Å²) in [5.41, 5.74) is 1.37. The van der Waals surface area contributed by atoms with Crippen LogP contribution in [0.5, 0.6) is 0 Å². The molecule has 1 aliphatic heterocycles. The Balaban J connectivity index is 2.13. The molecule has 21 heavy (non-hydrogen) atoms. The average Bonchev–Trinajstić information content (AvgIpc) is 2.84. The number of ketones is 1. The van der Waals surface area contributed by atoms with E-state index in [2.05, 4.69) is 5.32 Å². The molecule has 1 atom stereocenters. The second-order valence-electron chi connectivity index (χ2n) is 4.77. The monoisotopic (exact) mass is 279 g/mol. The molecular weight excluding hydrogens is 266 g/mol. The van der Waals surface area contributed by atoms with E-state index in [-0.39, 0.29) is 11.3 Å². The number of aliphatic hydroxyl groups is 1. The Kier molecular flexibility index (Phi) is 3.28. The fourth-order valence-electron chi connectivity index (χ4n) is 2.41. The maximum Gasteiger partial charge on any atom is 0.293 e. The van der Waals surface area contributed by atoms with E-state index in [1.807, 2.05) is 36.4 Å². The molecule has 4 nitrogen and oxygen atoms in total. The molecular formula is C17H13NO3. The number of nitrogens with one attached hydrogen (secondary N) is 1. The van der Waals surface area contributed by atoms with Crippen molar-refractivity contribution in [3.8, 4) is 0 Å². The number of carbonyl (C=O) groups is 2. The van der Waals surface area contributed by atoms with E-state index in [0.29, 0.717) is 5.56 Å². The Labute approximate surface area is 121 Å². The van der Waals surface area contributed by atoms with Gasteiger partial charge in [0.25, 0.3) is 11.7 Å². The van der Waals surface area contributed by atoms with Crippen LogP contribution in [0.4, 0.5) is 0 Å². The molecule has 4 heteroatoms. The molecule has 2 aromatic rings. The lowest BCUT2D eigenvalue weighted by molar-refractivity contribution is -0.133. The number of rotatable bonds is 2. The molecule has 0 spiro atoms. The number of hydrogen-bond acceptors (Lipinski definition) is 3. The van der Waals surface area contributed by atoms with E-state index < -0.39 is 17.7 Å². The van der Waals surface area contributed by atoms with Gasteiger partial charge in [-0.2, -0.15) is 0 Å². The van der Waals surface area contributed by atoms with Crippen LogP contribution in [0.3, 0.4) is 0 Å². The Morgan fingerprint density at radius 2 is 1.48 bits per heavy atom. The van der Waals surface area contributed by atoms with Crippen molar-refractivity contribution in [2.75, 3.05) is 0 Å². The van der Waals surface area contributed by atoms with E-state index in [0.717, 1.165) is 5.56 Å². The molecule has 0 bridgehead atoms. The van der Waals surface area contributed by atoms with Gasteiger partial charge in [0.05, 0.1) is 11.6 Å². The van der Waals surface area contributed by atoms with Gasteiger partial charge in [0.15, 0.2) is 0 Å². The Hall–Kier alpha value is -2.88. The van der Waals surface area contributed by atoms with Crippen LogP contribution in [0.2, 0.25) is 0 Å². The predicted octanol–water partition coefficient (Wildman–Crippen LogP) is 2.40. The van der Waals surface area contributed by atoms with Crippen LogP contribution in [0, 0.1) is 0 Å². The molecule has 1 amide bonds. The van der Waals surface area contributed by atoms with Gasteiger partial charge in [0, 0.05) is 5.56 Å². The highest BCUT2D eigenvalue weighted by atomic mass is 16.3. The minimum atomic E-state index is -0.693. The summed E-state index contributed by atoms with van der Waals surface area (Å²) in [6, 6.07) is 17.2. The molecule has 0 saturated carbocycles. The zero-order chi connectivity index (χ0) is 14.8. The quantitative estimate of drug-likeness (QED) is 0.504. The van der Waals surface area contributed by atoms with Gasteiger partial charge in [-0.05, 0) is 5.56 Å². The molecule has 104 valence electrons. The molecule has 1 unspecified atom stereocenters. The van der Waals surface area contributed by atoms with Gasteiger partial charge in [0.1, 0.15) is 5.76 Å². The number of hydrogen-bond donors (Lipinski definition) is 2. The first-order valence-corrected chi connectivity index (χ1v) is 6.57. The molecule has 0 aromatic heterocycles. The van der Waals surface area contributed by atoms with E-state index in [4.69, 9.17) is 0 Å². The summed E-state index contributed by atoms with van der Waals surface area (Å²) < 4.78 is 0. The highest BCUT2D eigenvalue weighted by Gasteiger charge is 2.39. The van der Waals surface area contributed by atoms with Crippen LogP contribution in [0.15, 0.2) is 66.2 Å². The van der Waals surface area contributed by atoms with Gasteiger partial charge < -0.3 is 10.4 Å². The maximum absolute atomic E-state index is 12.1. The van der Waals surface area contributed by atoms with Crippen molar-refractivity contribution >= 4 is 17.4 Å². The Bertz CT molecular complexity index is 720. The molecule has 2 aromatic carbocycles. The standard InChI is InChI=1S/C17H13NO3/c19-15(12-9-5-2-6-10-12)13-14(18-17(21)16(13)20)11-7-3-1-4-8-11/h1-10,14,19H,(H,18,21)/b15-13+. The molecule has 1 fully saturated rings. The molecule has 1 saturated heterocycles. The van der Waals surface area contributed by atoms with Gasteiger partial charge in [-0.3, -0.25) is 9.59 Å². The predicted molar refractivity (Wildman–Crippen MR) is 78.3 cm³/mol. The number of benzene rings is 2. The molecule has 2 N–H and O–H groups in total. The maximum atomic E-state index is 12.1. The fraction of sp³-hybridized carbons (Fsp3) is 0.0588. The second kappa shape index (κ2) is 5.25. The summed E-state index contributed by atoms with van der Waals surface area (Å²) in [6.07, 6.45) is 0. The van der Waals surface area contributed by atoms with E-state index in [1.165, 1.54) is 0 Å². The van der Waals surface area contributed by atoms with Crippen LogP contribution in [-0.4, -0.2) is 16.8 Å². The van der Waals surface area contributed by atoms with E-state index >= 15 is 0 Å². The number of carbonyl (C=O) groups excluding carboxylic acids is 2. The smallest absolute Gasteiger partial charge is 0.293 e. The zero-order valence-corrected chi connectivity index (χ0v) is 11.1. The summed E-state index contributed by atoms with van der Waals surface area (Å²) in [4.78, 5) is 23.8. The Morgan fingerprint density at radius 3 is 2.10 bits per heavy atom. The third-order valence-electron chi connectivity index (χ3n) is 3.45. The van der Waals surface area contributed by atoms with Crippen molar-refractivity contribution < 1.29 is 14.7 Å². The van der Waals surface area contributed by atoms with E-state index in [9.17, 15) is 14.7 Å². The van der Waals surface area contributed by atoms with Crippen LogP contribution in [0.1, 0.15) is 17.2 Å². The summed E-state index contributed by atoms with van der Waals surface area (Å²) in [5.74, 6) is -1.54. The molecule has 0 aliphatic carbocycles. The fourth-order valence-corrected chi connectivity index (χ4v) is 2.41. The van der Waals surface area contributed by atoms with Gasteiger partial charge in [-0.1, -0.05) is 60.7 Å². The van der Waals surface area contributed by atoms with Crippen molar-refractivity contribution in [3.63, 3.8) is 0 Å². The van der Waals surface area contributed by atoms with Crippen molar-refractivity contribution in [2.24, 2.45) is 0 Å². The lowest BCUT2D eigenvalue weighted by Gasteiger charge is -2.13. The molecule has 3 rings (SSSR count). The highest BCUT2D eigenvalue weighted by molar-refractivity contribution is 6.46. The largest absolute Gasteiger partial charge is 0.507 e. The zero-order valence-electron chi connectivity index (χ0n) is 11.1. The van der Waals surface area contributed by atoms with Crippen molar-refractivity contribution in [1.29, 1.82) is 0 Å². The van der Waals surface area contributed by atoms with Gasteiger partial charge in [0.2, 0.25) is 0 Å². The summed E-state index contributed by atoms with van der Waals surface area (Å²) in [6.45, 7) is 0. The van der Waals surface area contributed by atoms with Crippen LogP contribution >= 0.6 is 0 Å². The second-order valence-corrected chi connectivity index (χ2v) is 4.77. The van der Waals surface area contributed by atoms with Gasteiger partial charge >= 0.3 is 0 Å². The van der Waals surface area contributed by atoms with Crippen molar-refractivity contribution in [1.82, 2.24) is 5.32 Å². The van der Waals surface area contributed by atoms with Crippen LogP contribution in [0.25, 0.3) is 5.76 Å². The van der Waals surface area contributed by atoms with Gasteiger partial charge in [-0.25, -0.2) is 0 Å². The lowest BCUT2D eigenvalue weighted by atomic mass is 9.96. The minimum absolute atomic E-state index is 0.0948. The number of amides is 1. The SMILES string of the molecule is O=C1NC(c2ccccc2)/C(=C(\O)c2ccccc2)C1=O. The molecule has 0 radical (unpaired) electrons. The summed E-state index contributed by atoms with van der Waals surface area (Å²) in [5, 5.41) is 13.0. The first-order chi connectivity index (χ1) is 10.2. The molecule has 1 heterocycles. The Morgan fingerprint density at radius 1 is 0.905 bits per heavy atom. The topological polar surface area (TPSA) is 66.4 Å². The third kappa shape index (κ3) is 2.31. The summed E-state index contributed by atoms with van der Waals surface area (Å²) in [7, 11) is 0.